The highest BCUT2D eigenvalue weighted by Crippen LogP contribution is 2.20. The van der Waals surface area contributed by atoms with Crippen LogP contribution in [0, 0.1) is 0 Å². The third-order valence-corrected chi connectivity index (χ3v) is 4.24. The first-order valence-corrected chi connectivity index (χ1v) is 7.92. The smallest absolute Gasteiger partial charge is 0.118 e. The molecule has 0 amide bonds. The molecule has 4 heteroatoms. The van der Waals surface area contributed by atoms with Gasteiger partial charge in [0, 0.05) is 25.7 Å². The maximum atomic E-state index is 5.76. The van der Waals surface area contributed by atoms with Gasteiger partial charge in [-0.15, -0.1) is 0 Å². The van der Waals surface area contributed by atoms with Crippen molar-refractivity contribution in [3.05, 3.63) is 29.8 Å². The molecule has 4 nitrogen and oxygen atoms in total. The Morgan fingerprint density at radius 2 is 2.14 bits per heavy atom. The zero-order chi connectivity index (χ0) is 15.1. The van der Waals surface area contributed by atoms with Crippen LogP contribution in [0.25, 0.3) is 0 Å². The SMILES string of the molecule is CCN(CC1CCCO1)CC(NC)c1ccc(OC)cc1. The summed E-state index contributed by atoms with van der Waals surface area (Å²) in [6, 6.07) is 8.66. The van der Waals surface area contributed by atoms with Gasteiger partial charge in [-0.1, -0.05) is 19.1 Å². The quantitative estimate of drug-likeness (QED) is 0.798. The first kappa shape index (κ1) is 16.3. The molecule has 0 saturated carbocycles. The van der Waals surface area contributed by atoms with E-state index in [4.69, 9.17) is 9.47 Å². The minimum absolute atomic E-state index is 0.331. The lowest BCUT2D eigenvalue weighted by molar-refractivity contribution is 0.0718. The molecule has 1 N–H and O–H groups in total. The summed E-state index contributed by atoms with van der Waals surface area (Å²) in [4.78, 5) is 2.47. The van der Waals surface area contributed by atoms with Crippen molar-refractivity contribution in [2.45, 2.75) is 31.9 Å². The number of nitrogens with zero attached hydrogens (tertiary/aromatic N) is 1. The third-order valence-electron chi connectivity index (χ3n) is 4.24. The van der Waals surface area contributed by atoms with E-state index in [0.717, 1.165) is 32.0 Å². The summed E-state index contributed by atoms with van der Waals surface area (Å²) in [7, 11) is 3.72. The minimum atomic E-state index is 0.331. The Morgan fingerprint density at radius 1 is 1.38 bits per heavy atom. The van der Waals surface area contributed by atoms with Gasteiger partial charge in [-0.3, -0.25) is 4.90 Å². The first-order chi connectivity index (χ1) is 10.3. The second-order valence-corrected chi connectivity index (χ2v) is 5.60. The summed E-state index contributed by atoms with van der Waals surface area (Å²) in [6.07, 6.45) is 2.82. The normalized spacial score (nSPS) is 19.9. The van der Waals surface area contributed by atoms with E-state index in [9.17, 15) is 0 Å². The van der Waals surface area contributed by atoms with Crippen molar-refractivity contribution in [3.8, 4) is 5.75 Å². The number of hydrogen-bond donors (Lipinski definition) is 1. The molecular formula is C17H28N2O2. The first-order valence-electron chi connectivity index (χ1n) is 7.92. The average Bonchev–Trinajstić information content (AvgIpc) is 3.04. The number of likely N-dealkylation sites (N-methyl/N-ethyl adjacent to an activating group) is 2. The molecule has 2 unspecified atom stereocenters. The molecule has 1 fully saturated rings. The van der Waals surface area contributed by atoms with Gasteiger partial charge in [0.05, 0.1) is 13.2 Å². The number of rotatable bonds is 8. The van der Waals surface area contributed by atoms with Crippen molar-refractivity contribution in [1.82, 2.24) is 10.2 Å². The highest BCUT2D eigenvalue weighted by Gasteiger charge is 2.20. The van der Waals surface area contributed by atoms with Crippen molar-refractivity contribution in [1.29, 1.82) is 0 Å². The molecule has 1 aliphatic heterocycles. The van der Waals surface area contributed by atoms with E-state index in [1.807, 2.05) is 19.2 Å². The summed E-state index contributed by atoms with van der Waals surface area (Å²) in [5.41, 5.74) is 1.30. The molecule has 0 bridgehead atoms. The van der Waals surface area contributed by atoms with Crippen LogP contribution in [-0.4, -0.2) is 51.4 Å². The molecule has 1 aliphatic rings. The minimum Gasteiger partial charge on any atom is -0.497 e. The van der Waals surface area contributed by atoms with E-state index in [2.05, 4.69) is 29.3 Å². The van der Waals surface area contributed by atoms with E-state index in [0.29, 0.717) is 12.1 Å². The highest BCUT2D eigenvalue weighted by molar-refractivity contribution is 5.29. The van der Waals surface area contributed by atoms with E-state index < -0.39 is 0 Å². The Hall–Kier alpha value is -1.10. The second kappa shape index (κ2) is 8.37. The average molecular weight is 292 g/mol. The Bertz CT molecular complexity index is 402. The fraction of sp³-hybridized carbons (Fsp3) is 0.647. The van der Waals surface area contributed by atoms with Gasteiger partial charge >= 0.3 is 0 Å². The standard InChI is InChI=1S/C17H28N2O2/c1-4-19(12-16-6-5-11-21-16)13-17(18-2)14-7-9-15(20-3)10-8-14/h7-10,16-18H,4-6,11-13H2,1-3H3. The summed E-state index contributed by atoms with van der Waals surface area (Å²) in [6.45, 7) is 6.23. The zero-order valence-corrected chi connectivity index (χ0v) is 13.5. The summed E-state index contributed by atoms with van der Waals surface area (Å²) in [5.74, 6) is 0.903. The van der Waals surface area contributed by atoms with Gasteiger partial charge in [0.25, 0.3) is 0 Å². The van der Waals surface area contributed by atoms with Gasteiger partial charge < -0.3 is 14.8 Å². The summed E-state index contributed by atoms with van der Waals surface area (Å²) < 4.78 is 11.0. The van der Waals surface area contributed by atoms with E-state index >= 15 is 0 Å². The molecule has 0 aliphatic carbocycles. The van der Waals surface area contributed by atoms with E-state index in [1.165, 1.54) is 18.4 Å². The second-order valence-electron chi connectivity index (χ2n) is 5.60. The van der Waals surface area contributed by atoms with Crippen LogP contribution in [0.15, 0.2) is 24.3 Å². The highest BCUT2D eigenvalue weighted by atomic mass is 16.5. The lowest BCUT2D eigenvalue weighted by atomic mass is 10.1. The molecule has 1 aromatic rings. The van der Waals surface area contributed by atoms with Gasteiger partial charge in [0.2, 0.25) is 0 Å². The molecule has 118 valence electrons. The topological polar surface area (TPSA) is 33.7 Å². The van der Waals surface area contributed by atoms with Crippen LogP contribution in [-0.2, 0) is 4.74 Å². The molecule has 21 heavy (non-hydrogen) atoms. The van der Waals surface area contributed by atoms with Gasteiger partial charge in [0.15, 0.2) is 0 Å². The molecule has 1 aromatic carbocycles. The van der Waals surface area contributed by atoms with E-state index in [-0.39, 0.29) is 0 Å². The third kappa shape index (κ3) is 4.70. The van der Waals surface area contributed by atoms with Gasteiger partial charge in [-0.2, -0.15) is 0 Å². The van der Waals surface area contributed by atoms with Gasteiger partial charge in [-0.05, 0) is 44.1 Å². The molecule has 1 saturated heterocycles. The van der Waals surface area contributed by atoms with Crippen LogP contribution in [0.2, 0.25) is 0 Å². The fourth-order valence-electron chi connectivity index (χ4n) is 2.87. The fourth-order valence-corrected chi connectivity index (χ4v) is 2.87. The maximum absolute atomic E-state index is 5.76. The summed E-state index contributed by atoms with van der Waals surface area (Å²) in [5, 5.41) is 3.42. The lowest BCUT2D eigenvalue weighted by Crippen LogP contribution is -2.38. The lowest BCUT2D eigenvalue weighted by Gasteiger charge is -2.28. The number of benzene rings is 1. The van der Waals surface area contributed by atoms with Crippen LogP contribution in [0.5, 0.6) is 5.75 Å². The molecule has 0 spiro atoms. The molecule has 2 rings (SSSR count). The molecule has 0 aromatic heterocycles. The number of hydrogen-bond acceptors (Lipinski definition) is 4. The molecule has 2 atom stereocenters. The van der Waals surface area contributed by atoms with Crippen molar-refractivity contribution in [2.75, 3.05) is 40.4 Å². The Balaban J connectivity index is 1.94. The maximum Gasteiger partial charge on any atom is 0.118 e. The predicted octanol–water partition coefficient (Wildman–Crippen LogP) is 2.46. The largest absolute Gasteiger partial charge is 0.497 e. The van der Waals surface area contributed by atoms with Crippen molar-refractivity contribution >= 4 is 0 Å². The Labute approximate surface area is 128 Å². The van der Waals surface area contributed by atoms with Crippen molar-refractivity contribution < 1.29 is 9.47 Å². The number of methoxy groups -OCH3 is 1. The van der Waals surface area contributed by atoms with Crippen LogP contribution in [0.1, 0.15) is 31.4 Å². The Kier molecular flexibility index (Phi) is 6.49. The molecular weight excluding hydrogens is 264 g/mol. The summed E-state index contributed by atoms with van der Waals surface area (Å²) >= 11 is 0. The van der Waals surface area contributed by atoms with Crippen molar-refractivity contribution in [3.63, 3.8) is 0 Å². The molecule has 1 heterocycles. The zero-order valence-electron chi connectivity index (χ0n) is 13.5. The van der Waals surface area contributed by atoms with Crippen LogP contribution in [0.3, 0.4) is 0 Å². The monoisotopic (exact) mass is 292 g/mol. The van der Waals surface area contributed by atoms with Crippen LogP contribution < -0.4 is 10.1 Å². The predicted molar refractivity (Wildman–Crippen MR) is 85.9 cm³/mol. The van der Waals surface area contributed by atoms with Gasteiger partial charge in [0.1, 0.15) is 5.75 Å². The van der Waals surface area contributed by atoms with E-state index in [1.54, 1.807) is 7.11 Å². The molecule has 0 radical (unpaired) electrons. The number of nitrogens with one attached hydrogen (secondary N) is 1. The van der Waals surface area contributed by atoms with Crippen molar-refractivity contribution in [2.24, 2.45) is 0 Å². The van der Waals surface area contributed by atoms with Crippen LogP contribution in [0.4, 0.5) is 0 Å². The van der Waals surface area contributed by atoms with Gasteiger partial charge in [-0.25, -0.2) is 0 Å². The Morgan fingerprint density at radius 3 is 2.67 bits per heavy atom. The number of ether oxygens (including phenoxy) is 2. The van der Waals surface area contributed by atoms with Crippen LogP contribution >= 0.6 is 0 Å².